The molecule has 2 aromatic rings. The van der Waals surface area contributed by atoms with Gasteiger partial charge in [0.2, 0.25) is 0 Å². The Balaban J connectivity index is 2.32. The molecule has 1 aromatic heterocycles. The normalized spacial score (nSPS) is 11.4. The average Bonchev–Trinajstić information content (AvgIpc) is 2.78. The highest BCUT2D eigenvalue weighted by Gasteiger charge is 2.17. The fourth-order valence-electron chi connectivity index (χ4n) is 1.57. The van der Waals surface area contributed by atoms with Crippen LogP contribution in [0.25, 0.3) is 0 Å². The number of thiophene rings is 1. The van der Waals surface area contributed by atoms with E-state index in [1.54, 1.807) is 24.3 Å². The van der Waals surface area contributed by atoms with Gasteiger partial charge in [0, 0.05) is 14.1 Å². The summed E-state index contributed by atoms with van der Waals surface area (Å²) in [4.78, 5) is 1.81. The summed E-state index contributed by atoms with van der Waals surface area (Å²) in [5.74, 6) is 0. The molecule has 20 heavy (non-hydrogen) atoms. The summed E-state index contributed by atoms with van der Waals surface area (Å²) in [5, 5.41) is 0.553. The number of hydrogen-bond acceptors (Lipinski definition) is 4. The molecule has 0 unspecified atom stereocenters. The maximum absolute atomic E-state index is 12.2. The number of halogens is 2. The van der Waals surface area contributed by atoms with Crippen LogP contribution >= 0.6 is 34.5 Å². The summed E-state index contributed by atoms with van der Waals surface area (Å²) in [7, 11) is 0.0384. The Morgan fingerprint density at radius 2 is 1.85 bits per heavy atom. The summed E-state index contributed by atoms with van der Waals surface area (Å²) in [5.41, 5.74) is 1.18. The average molecular weight is 351 g/mol. The van der Waals surface area contributed by atoms with E-state index in [0.29, 0.717) is 15.0 Å². The summed E-state index contributed by atoms with van der Waals surface area (Å²) in [6, 6.07) is 7.96. The number of anilines is 2. The van der Waals surface area contributed by atoms with Crippen LogP contribution < -0.4 is 9.62 Å². The zero-order valence-corrected chi connectivity index (χ0v) is 13.9. The van der Waals surface area contributed by atoms with E-state index in [4.69, 9.17) is 23.2 Å². The third-order valence-corrected chi connectivity index (χ3v) is 5.92. The van der Waals surface area contributed by atoms with Crippen LogP contribution in [0.1, 0.15) is 0 Å². The molecule has 1 heterocycles. The molecule has 2 rings (SSSR count). The second kappa shape index (κ2) is 5.81. The van der Waals surface area contributed by atoms with Gasteiger partial charge in [0.15, 0.2) is 0 Å². The molecule has 0 fully saturated rings. The third-order valence-electron chi connectivity index (χ3n) is 2.49. The quantitative estimate of drug-likeness (QED) is 0.908. The van der Waals surface area contributed by atoms with Gasteiger partial charge >= 0.3 is 0 Å². The molecule has 0 saturated heterocycles. The second-order valence-corrected chi connectivity index (χ2v) is 8.26. The first-order chi connectivity index (χ1) is 9.29. The first-order valence-electron chi connectivity index (χ1n) is 5.54. The van der Waals surface area contributed by atoms with Crippen LogP contribution in [-0.2, 0) is 10.0 Å². The molecule has 0 saturated carbocycles. The van der Waals surface area contributed by atoms with Gasteiger partial charge in [0.25, 0.3) is 10.0 Å². The lowest BCUT2D eigenvalue weighted by atomic mass is 10.2. The van der Waals surface area contributed by atoms with Crippen molar-refractivity contribution in [2.45, 2.75) is 4.21 Å². The number of nitrogens with zero attached hydrogens (tertiary/aromatic N) is 1. The molecule has 0 spiro atoms. The Morgan fingerprint density at radius 1 is 1.15 bits per heavy atom. The number of rotatable bonds is 4. The smallest absolute Gasteiger partial charge is 0.271 e. The van der Waals surface area contributed by atoms with Crippen LogP contribution in [0.2, 0.25) is 9.36 Å². The van der Waals surface area contributed by atoms with Crippen LogP contribution in [0, 0.1) is 0 Å². The Morgan fingerprint density at radius 3 is 2.40 bits per heavy atom. The Labute approximate surface area is 132 Å². The molecule has 0 atom stereocenters. The van der Waals surface area contributed by atoms with E-state index < -0.39 is 10.0 Å². The monoisotopic (exact) mass is 350 g/mol. The molecule has 0 radical (unpaired) electrons. The van der Waals surface area contributed by atoms with Crippen LogP contribution in [0.5, 0.6) is 0 Å². The fraction of sp³-hybridized carbons (Fsp3) is 0.167. The van der Waals surface area contributed by atoms with E-state index in [1.165, 1.54) is 6.07 Å². The molecule has 4 nitrogen and oxygen atoms in total. The van der Waals surface area contributed by atoms with E-state index in [1.807, 2.05) is 19.0 Å². The molecule has 0 aliphatic heterocycles. The van der Waals surface area contributed by atoms with Gasteiger partial charge in [-0.3, -0.25) is 4.72 Å². The predicted molar refractivity (Wildman–Crippen MR) is 85.9 cm³/mol. The molecule has 108 valence electrons. The first kappa shape index (κ1) is 15.4. The van der Waals surface area contributed by atoms with Crippen molar-refractivity contribution in [1.82, 2.24) is 0 Å². The van der Waals surface area contributed by atoms with E-state index in [9.17, 15) is 8.42 Å². The Kier molecular flexibility index (Phi) is 4.49. The van der Waals surface area contributed by atoms with Gasteiger partial charge in [-0.25, -0.2) is 8.42 Å². The highest BCUT2D eigenvalue weighted by atomic mass is 35.5. The molecular formula is C12H12Cl2N2O2S2. The summed E-state index contributed by atoms with van der Waals surface area (Å²) < 4.78 is 27.5. The molecule has 8 heteroatoms. The summed E-state index contributed by atoms with van der Waals surface area (Å²) >= 11 is 12.8. The standard InChI is InChI=1S/C12H12Cl2N2O2S2/c1-16(2)10-7-8(3-4-9(10)13)15-20(17,18)12-6-5-11(14)19-12/h3-7,15H,1-2H3. The predicted octanol–water partition coefficient (Wildman–Crippen LogP) is 3.92. The zero-order valence-electron chi connectivity index (χ0n) is 10.7. The van der Waals surface area contributed by atoms with E-state index in [-0.39, 0.29) is 4.21 Å². The van der Waals surface area contributed by atoms with Gasteiger partial charge in [0.05, 0.1) is 20.7 Å². The van der Waals surface area contributed by atoms with Crippen molar-refractivity contribution < 1.29 is 8.42 Å². The molecule has 0 aliphatic rings. The lowest BCUT2D eigenvalue weighted by Gasteiger charge is -2.16. The van der Waals surface area contributed by atoms with Crippen molar-refractivity contribution in [2.24, 2.45) is 0 Å². The molecule has 0 aliphatic carbocycles. The maximum Gasteiger partial charge on any atom is 0.271 e. The first-order valence-corrected chi connectivity index (χ1v) is 8.60. The summed E-state index contributed by atoms with van der Waals surface area (Å²) in [6.07, 6.45) is 0. The third kappa shape index (κ3) is 3.38. The zero-order chi connectivity index (χ0) is 14.9. The van der Waals surface area contributed by atoms with Gasteiger partial charge < -0.3 is 4.90 Å². The van der Waals surface area contributed by atoms with E-state index >= 15 is 0 Å². The van der Waals surface area contributed by atoms with Crippen LogP contribution in [0.15, 0.2) is 34.5 Å². The molecular weight excluding hydrogens is 339 g/mol. The molecule has 1 aromatic carbocycles. The van der Waals surface area contributed by atoms with Crippen molar-refractivity contribution in [2.75, 3.05) is 23.7 Å². The Bertz CT molecular complexity index is 727. The highest BCUT2D eigenvalue weighted by Crippen LogP contribution is 2.30. The number of nitrogens with one attached hydrogen (secondary N) is 1. The van der Waals surface area contributed by atoms with Crippen molar-refractivity contribution in [3.63, 3.8) is 0 Å². The Hall–Kier alpha value is -0.950. The number of hydrogen-bond donors (Lipinski definition) is 1. The topological polar surface area (TPSA) is 49.4 Å². The van der Waals surface area contributed by atoms with Gasteiger partial charge in [-0.1, -0.05) is 23.2 Å². The largest absolute Gasteiger partial charge is 0.376 e. The second-order valence-electron chi connectivity index (χ2n) is 4.22. The molecule has 1 N–H and O–H groups in total. The van der Waals surface area contributed by atoms with Gasteiger partial charge in [-0.2, -0.15) is 0 Å². The maximum atomic E-state index is 12.2. The van der Waals surface area contributed by atoms with Crippen LogP contribution in [0.4, 0.5) is 11.4 Å². The summed E-state index contributed by atoms with van der Waals surface area (Å²) in [6.45, 7) is 0. The van der Waals surface area contributed by atoms with E-state index in [2.05, 4.69) is 4.72 Å². The minimum absolute atomic E-state index is 0.170. The highest BCUT2D eigenvalue weighted by molar-refractivity contribution is 7.94. The lowest BCUT2D eigenvalue weighted by molar-refractivity contribution is 0.603. The van der Waals surface area contributed by atoms with Crippen molar-refractivity contribution in [3.8, 4) is 0 Å². The van der Waals surface area contributed by atoms with E-state index in [0.717, 1.165) is 17.0 Å². The van der Waals surface area contributed by atoms with Crippen molar-refractivity contribution in [1.29, 1.82) is 0 Å². The fourth-order valence-corrected chi connectivity index (χ4v) is 4.39. The number of benzene rings is 1. The SMILES string of the molecule is CN(C)c1cc(NS(=O)(=O)c2ccc(Cl)s2)ccc1Cl. The minimum Gasteiger partial charge on any atom is -0.376 e. The molecule has 0 bridgehead atoms. The van der Waals surface area contributed by atoms with Gasteiger partial charge in [-0.05, 0) is 30.3 Å². The van der Waals surface area contributed by atoms with Crippen molar-refractivity contribution in [3.05, 3.63) is 39.7 Å². The van der Waals surface area contributed by atoms with Crippen molar-refractivity contribution >= 4 is 55.9 Å². The lowest BCUT2D eigenvalue weighted by Crippen LogP contribution is -2.13. The van der Waals surface area contributed by atoms with Crippen LogP contribution in [-0.4, -0.2) is 22.5 Å². The van der Waals surface area contributed by atoms with Crippen LogP contribution in [0.3, 0.4) is 0 Å². The number of sulfonamides is 1. The van der Waals surface area contributed by atoms with Gasteiger partial charge in [0.1, 0.15) is 4.21 Å². The minimum atomic E-state index is -3.63. The molecule has 0 amide bonds. The van der Waals surface area contributed by atoms with Gasteiger partial charge in [-0.15, -0.1) is 11.3 Å².